The molecule has 160 valence electrons. The maximum atomic E-state index is 6.38. The second kappa shape index (κ2) is 8.73. The predicted octanol–water partition coefficient (Wildman–Crippen LogP) is 5.87. The summed E-state index contributed by atoms with van der Waals surface area (Å²) in [6.45, 7) is 2.62. The second-order valence-electron chi connectivity index (χ2n) is 7.78. The van der Waals surface area contributed by atoms with Crippen LogP contribution in [0.15, 0.2) is 83.7 Å². The Morgan fingerprint density at radius 2 is 1.91 bits per heavy atom. The summed E-state index contributed by atoms with van der Waals surface area (Å²) in [5.74, 6) is 1.58. The number of nitrogens with zero attached hydrogens (tertiary/aromatic N) is 3. The summed E-state index contributed by atoms with van der Waals surface area (Å²) in [5.41, 5.74) is 4.00. The standard InChI is InChI=1S/C25H21ClN4OS/c1-16-5-6-18(14-19(16)26)21-7-8-22(31-21)24-23(20-4-2-3-11-28-20)29-25(32)30(24)15-17-9-12-27-13-10-17/h2-14,23-24H,15H2,1H3,(H,29,32)/t23-,24+/m0/s1. The average molecular weight is 461 g/mol. The minimum Gasteiger partial charge on any atom is -0.459 e. The molecule has 1 fully saturated rings. The lowest BCUT2D eigenvalue weighted by Gasteiger charge is -2.26. The Morgan fingerprint density at radius 1 is 1.06 bits per heavy atom. The van der Waals surface area contributed by atoms with Crippen molar-refractivity contribution in [3.8, 4) is 11.3 Å². The van der Waals surface area contributed by atoms with Gasteiger partial charge >= 0.3 is 0 Å². The van der Waals surface area contributed by atoms with E-state index in [4.69, 9.17) is 28.2 Å². The van der Waals surface area contributed by atoms with Gasteiger partial charge in [0.05, 0.1) is 11.7 Å². The third kappa shape index (κ3) is 3.99. The summed E-state index contributed by atoms with van der Waals surface area (Å²) < 4.78 is 6.38. The molecule has 5 rings (SSSR count). The topological polar surface area (TPSA) is 54.2 Å². The number of rotatable bonds is 5. The number of halogens is 1. The first-order valence-corrected chi connectivity index (χ1v) is 11.1. The maximum absolute atomic E-state index is 6.38. The summed E-state index contributed by atoms with van der Waals surface area (Å²) in [4.78, 5) is 10.9. The summed E-state index contributed by atoms with van der Waals surface area (Å²) in [6, 6.07) is 19.6. The van der Waals surface area contributed by atoms with E-state index in [0.29, 0.717) is 11.7 Å². The van der Waals surface area contributed by atoms with Crippen molar-refractivity contribution in [1.29, 1.82) is 0 Å². The lowest BCUT2D eigenvalue weighted by atomic mass is 10.0. The van der Waals surface area contributed by atoms with Gasteiger partial charge in [-0.05, 0) is 72.7 Å². The van der Waals surface area contributed by atoms with Crippen LogP contribution in [0.2, 0.25) is 5.02 Å². The van der Waals surface area contributed by atoms with E-state index in [1.54, 1.807) is 18.6 Å². The number of furan rings is 1. The zero-order valence-electron chi connectivity index (χ0n) is 17.4. The molecule has 0 saturated carbocycles. The first kappa shape index (κ1) is 20.7. The van der Waals surface area contributed by atoms with Crippen LogP contribution in [0.25, 0.3) is 11.3 Å². The van der Waals surface area contributed by atoms with E-state index >= 15 is 0 Å². The molecule has 0 spiro atoms. The largest absolute Gasteiger partial charge is 0.459 e. The molecule has 1 aliphatic rings. The Bertz CT molecular complexity index is 1250. The zero-order valence-corrected chi connectivity index (χ0v) is 19.0. The molecule has 5 nitrogen and oxygen atoms in total. The van der Waals surface area contributed by atoms with E-state index in [2.05, 4.69) is 20.2 Å². The van der Waals surface area contributed by atoms with Crippen LogP contribution in [-0.2, 0) is 6.54 Å². The summed E-state index contributed by atoms with van der Waals surface area (Å²) in [6.07, 6.45) is 5.38. The van der Waals surface area contributed by atoms with E-state index in [1.165, 1.54) is 0 Å². The van der Waals surface area contributed by atoms with Gasteiger partial charge in [0, 0.05) is 35.7 Å². The third-order valence-electron chi connectivity index (χ3n) is 5.67. The first-order chi connectivity index (χ1) is 15.6. The van der Waals surface area contributed by atoms with Crippen molar-refractivity contribution in [3.05, 3.63) is 107 Å². The zero-order chi connectivity index (χ0) is 22.1. The van der Waals surface area contributed by atoms with Crippen molar-refractivity contribution < 1.29 is 4.42 Å². The quantitative estimate of drug-likeness (QED) is 0.376. The number of aromatic nitrogens is 2. The van der Waals surface area contributed by atoms with Crippen LogP contribution < -0.4 is 5.32 Å². The van der Waals surface area contributed by atoms with Crippen LogP contribution in [-0.4, -0.2) is 20.0 Å². The number of nitrogens with one attached hydrogen (secondary N) is 1. The number of thiocarbonyl (C=S) groups is 1. The highest BCUT2D eigenvalue weighted by atomic mass is 35.5. The molecule has 0 bridgehead atoms. The van der Waals surface area contributed by atoms with Crippen LogP contribution in [0.4, 0.5) is 0 Å². The van der Waals surface area contributed by atoms with Crippen LogP contribution in [0.1, 0.15) is 34.7 Å². The molecule has 0 aliphatic carbocycles. The number of aryl methyl sites for hydroxylation is 1. The fraction of sp³-hybridized carbons (Fsp3) is 0.160. The molecule has 7 heteroatoms. The van der Waals surface area contributed by atoms with Crippen molar-refractivity contribution in [1.82, 2.24) is 20.2 Å². The minimum absolute atomic E-state index is 0.133. The van der Waals surface area contributed by atoms with Gasteiger partial charge in [-0.3, -0.25) is 9.97 Å². The molecule has 2 atom stereocenters. The molecule has 1 N–H and O–H groups in total. The Morgan fingerprint density at radius 3 is 2.66 bits per heavy atom. The van der Waals surface area contributed by atoms with Crippen molar-refractivity contribution in [2.45, 2.75) is 25.6 Å². The fourth-order valence-corrected chi connectivity index (χ4v) is 4.47. The van der Waals surface area contributed by atoms with Gasteiger partial charge in [-0.2, -0.15) is 0 Å². The molecule has 0 unspecified atom stereocenters. The molecule has 1 aliphatic heterocycles. The van der Waals surface area contributed by atoms with Gasteiger partial charge in [-0.1, -0.05) is 29.8 Å². The van der Waals surface area contributed by atoms with Gasteiger partial charge in [-0.15, -0.1) is 0 Å². The second-order valence-corrected chi connectivity index (χ2v) is 8.57. The van der Waals surface area contributed by atoms with Crippen LogP contribution in [0, 0.1) is 6.92 Å². The van der Waals surface area contributed by atoms with Crippen molar-refractivity contribution in [2.24, 2.45) is 0 Å². The Labute approximate surface area is 197 Å². The molecule has 4 aromatic rings. The van der Waals surface area contributed by atoms with Crippen molar-refractivity contribution in [3.63, 3.8) is 0 Å². The van der Waals surface area contributed by atoms with E-state index in [0.717, 1.165) is 38.9 Å². The Hall–Kier alpha value is -3.22. The molecule has 1 aromatic carbocycles. The highest BCUT2D eigenvalue weighted by molar-refractivity contribution is 7.80. The van der Waals surface area contributed by atoms with Crippen molar-refractivity contribution >= 4 is 28.9 Å². The number of hydrogen-bond donors (Lipinski definition) is 1. The highest BCUT2D eigenvalue weighted by Crippen LogP contribution is 2.41. The molecular formula is C25H21ClN4OS. The molecule has 32 heavy (non-hydrogen) atoms. The van der Waals surface area contributed by atoms with E-state index in [9.17, 15) is 0 Å². The molecule has 0 radical (unpaired) electrons. The Kier molecular flexibility index (Phi) is 5.64. The lowest BCUT2D eigenvalue weighted by molar-refractivity contribution is 0.269. The summed E-state index contributed by atoms with van der Waals surface area (Å²) in [5, 5.41) is 4.84. The van der Waals surface area contributed by atoms with E-state index in [-0.39, 0.29) is 12.1 Å². The van der Waals surface area contributed by atoms with Crippen molar-refractivity contribution in [2.75, 3.05) is 0 Å². The van der Waals surface area contributed by atoms with Gasteiger partial charge in [-0.25, -0.2) is 0 Å². The highest BCUT2D eigenvalue weighted by Gasteiger charge is 2.41. The fourth-order valence-electron chi connectivity index (χ4n) is 3.98. The average Bonchev–Trinajstić information content (AvgIpc) is 3.42. The monoisotopic (exact) mass is 460 g/mol. The van der Waals surface area contributed by atoms with E-state index in [1.807, 2.05) is 67.6 Å². The van der Waals surface area contributed by atoms with E-state index < -0.39 is 0 Å². The van der Waals surface area contributed by atoms with Crippen LogP contribution >= 0.6 is 23.8 Å². The van der Waals surface area contributed by atoms with Crippen LogP contribution in [0.3, 0.4) is 0 Å². The molecule has 0 amide bonds. The number of hydrogen-bond acceptors (Lipinski definition) is 4. The summed E-state index contributed by atoms with van der Waals surface area (Å²) in [7, 11) is 0. The van der Waals surface area contributed by atoms with Gasteiger partial charge < -0.3 is 14.6 Å². The van der Waals surface area contributed by atoms with Gasteiger partial charge in [0.25, 0.3) is 0 Å². The predicted molar refractivity (Wildman–Crippen MR) is 129 cm³/mol. The smallest absolute Gasteiger partial charge is 0.170 e. The van der Waals surface area contributed by atoms with Crippen LogP contribution in [0.5, 0.6) is 0 Å². The first-order valence-electron chi connectivity index (χ1n) is 10.3. The maximum Gasteiger partial charge on any atom is 0.170 e. The summed E-state index contributed by atoms with van der Waals surface area (Å²) >= 11 is 12.1. The minimum atomic E-state index is -0.153. The van der Waals surface area contributed by atoms with Gasteiger partial charge in [0.1, 0.15) is 17.6 Å². The molecule has 1 saturated heterocycles. The van der Waals surface area contributed by atoms with Gasteiger partial charge in [0.15, 0.2) is 5.11 Å². The lowest BCUT2D eigenvalue weighted by Crippen LogP contribution is -2.29. The van der Waals surface area contributed by atoms with Gasteiger partial charge in [0.2, 0.25) is 0 Å². The molecule has 4 heterocycles. The number of pyridine rings is 2. The third-order valence-corrected chi connectivity index (χ3v) is 6.43. The normalized spacial score (nSPS) is 18.1. The molecule has 3 aromatic heterocycles. The number of benzene rings is 1. The molecular weight excluding hydrogens is 440 g/mol. The SMILES string of the molecule is Cc1ccc(-c2ccc([C@@H]3[C@H](c4ccccn4)NC(=S)N3Cc3ccncc3)o2)cc1Cl. The Balaban J connectivity index is 1.54.